The first-order valence-electron chi connectivity index (χ1n) is 5.44. The van der Waals surface area contributed by atoms with Crippen molar-refractivity contribution in [3.8, 4) is 5.75 Å². The van der Waals surface area contributed by atoms with Gasteiger partial charge in [0.1, 0.15) is 6.33 Å². The van der Waals surface area contributed by atoms with Gasteiger partial charge in [-0.05, 0) is 18.2 Å². The monoisotopic (exact) mass is 342 g/mol. The smallest absolute Gasteiger partial charge is 0.204 e. The van der Waals surface area contributed by atoms with Gasteiger partial charge in [0.25, 0.3) is 0 Å². The number of benzene rings is 1. The summed E-state index contributed by atoms with van der Waals surface area (Å²) in [5, 5.41) is 6.65. The number of nitrogens with one attached hydrogen (secondary N) is 2. The quantitative estimate of drug-likeness (QED) is 0.886. The van der Waals surface area contributed by atoms with Crippen LogP contribution in [-0.4, -0.2) is 24.1 Å². The number of hydrogen-bond donors (Lipinski definition) is 2. The van der Waals surface area contributed by atoms with E-state index in [1.165, 1.54) is 6.33 Å². The van der Waals surface area contributed by atoms with Crippen LogP contribution >= 0.6 is 27.5 Å². The maximum atomic E-state index is 6.16. The van der Waals surface area contributed by atoms with Gasteiger partial charge in [-0.15, -0.1) is 0 Å². The highest BCUT2D eigenvalue weighted by molar-refractivity contribution is 9.10. The molecule has 1 aromatic carbocycles. The highest BCUT2D eigenvalue weighted by Gasteiger charge is 2.12. The van der Waals surface area contributed by atoms with E-state index < -0.39 is 0 Å². The lowest BCUT2D eigenvalue weighted by molar-refractivity contribution is 0.415. The molecule has 0 amide bonds. The van der Waals surface area contributed by atoms with Crippen molar-refractivity contribution in [1.82, 2.24) is 9.97 Å². The van der Waals surface area contributed by atoms with E-state index in [-0.39, 0.29) is 0 Å². The Morgan fingerprint density at radius 2 is 2.00 bits per heavy atom. The number of hydrogen-bond acceptors (Lipinski definition) is 5. The molecule has 1 heterocycles. The van der Waals surface area contributed by atoms with Crippen molar-refractivity contribution in [2.24, 2.45) is 0 Å². The molecular weight excluding hydrogens is 332 g/mol. The SMILES string of the molecule is CNc1ncnc(Nc2ccc(Br)cc2Cl)c1OC. The summed E-state index contributed by atoms with van der Waals surface area (Å²) in [5.41, 5.74) is 0.740. The van der Waals surface area contributed by atoms with Crippen molar-refractivity contribution in [2.75, 3.05) is 24.8 Å². The molecule has 0 aliphatic heterocycles. The third kappa shape index (κ3) is 3.08. The van der Waals surface area contributed by atoms with Gasteiger partial charge < -0.3 is 15.4 Å². The van der Waals surface area contributed by atoms with Crippen molar-refractivity contribution < 1.29 is 4.74 Å². The summed E-state index contributed by atoms with van der Waals surface area (Å²) in [6.07, 6.45) is 1.45. The zero-order valence-electron chi connectivity index (χ0n) is 10.4. The Balaban J connectivity index is 2.37. The molecule has 5 nitrogen and oxygen atoms in total. The second-order valence-electron chi connectivity index (χ2n) is 3.60. The van der Waals surface area contributed by atoms with Crippen LogP contribution in [0.1, 0.15) is 0 Å². The lowest BCUT2D eigenvalue weighted by Gasteiger charge is -2.13. The van der Waals surface area contributed by atoms with Gasteiger partial charge in [0.2, 0.25) is 5.75 Å². The van der Waals surface area contributed by atoms with Gasteiger partial charge in [-0.3, -0.25) is 0 Å². The first-order valence-corrected chi connectivity index (χ1v) is 6.61. The Kier molecular flexibility index (Phi) is 4.44. The van der Waals surface area contributed by atoms with Crippen molar-refractivity contribution in [3.05, 3.63) is 34.0 Å². The molecule has 0 bridgehead atoms. The van der Waals surface area contributed by atoms with E-state index in [2.05, 4.69) is 36.5 Å². The van der Waals surface area contributed by atoms with E-state index in [9.17, 15) is 0 Å². The summed E-state index contributed by atoms with van der Waals surface area (Å²) in [5.74, 6) is 1.68. The molecule has 7 heteroatoms. The van der Waals surface area contributed by atoms with Gasteiger partial charge in [0.15, 0.2) is 11.6 Å². The van der Waals surface area contributed by atoms with Crippen LogP contribution in [0.2, 0.25) is 5.02 Å². The second kappa shape index (κ2) is 6.08. The van der Waals surface area contributed by atoms with Gasteiger partial charge in [-0.2, -0.15) is 0 Å². The average molecular weight is 344 g/mol. The number of methoxy groups -OCH3 is 1. The number of nitrogens with zero attached hydrogens (tertiary/aromatic N) is 2. The highest BCUT2D eigenvalue weighted by atomic mass is 79.9. The molecule has 2 rings (SSSR count). The molecule has 1 aromatic heterocycles. The third-order valence-corrected chi connectivity index (χ3v) is 3.23. The van der Waals surface area contributed by atoms with Crippen LogP contribution in [0.25, 0.3) is 0 Å². The number of ether oxygens (including phenoxy) is 1. The van der Waals surface area contributed by atoms with Crippen LogP contribution in [-0.2, 0) is 0 Å². The highest BCUT2D eigenvalue weighted by Crippen LogP contribution is 2.34. The predicted octanol–water partition coefficient (Wildman–Crippen LogP) is 3.69. The fourth-order valence-corrected chi connectivity index (χ4v) is 2.27. The standard InChI is InChI=1S/C12H12BrClN4O/c1-15-11-10(19-2)12(17-6-16-11)18-9-4-3-7(13)5-8(9)14/h3-6H,1-2H3,(H2,15,16,17,18). The fraction of sp³-hybridized carbons (Fsp3) is 0.167. The molecule has 19 heavy (non-hydrogen) atoms. The zero-order chi connectivity index (χ0) is 13.8. The topological polar surface area (TPSA) is 59.1 Å². The first kappa shape index (κ1) is 13.9. The number of halogens is 2. The van der Waals surface area contributed by atoms with Crippen LogP contribution < -0.4 is 15.4 Å². The third-order valence-electron chi connectivity index (χ3n) is 2.43. The minimum absolute atomic E-state index is 0.531. The van der Waals surface area contributed by atoms with Crippen molar-refractivity contribution >= 4 is 44.9 Å². The number of anilines is 3. The van der Waals surface area contributed by atoms with Gasteiger partial charge >= 0.3 is 0 Å². The molecule has 0 fully saturated rings. The van der Waals surface area contributed by atoms with Gasteiger partial charge in [-0.1, -0.05) is 27.5 Å². The lowest BCUT2D eigenvalue weighted by atomic mass is 10.3. The molecule has 0 unspecified atom stereocenters. The van der Waals surface area contributed by atoms with Crippen LogP contribution in [0.5, 0.6) is 5.75 Å². The Bertz CT molecular complexity index is 594. The predicted molar refractivity (Wildman–Crippen MR) is 80.6 cm³/mol. The maximum Gasteiger partial charge on any atom is 0.204 e. The Morgan fingerprint density at radius 3 is 2.63 bits per heavy atom. The summed E-state index contributed by atoms with van der Waals surface area (Å²) < 4.78 is 6.21. The van der Waals surface area contributed by atoms with Crippen LogP contribution in [0.4, 0.5) is 17.3 Å². The van der Waals surface area contributed by atoms with E-state index in [4.69, 9.17) is 16.3 Å². The van der Waals surface area contributed by atoms with E-state index >= 15 is 0 Å². The van der Waals surface area contributed by atoms with Crippen molar-refractivity contribution in [3.63, 3.8) is 0 Å². The summed E-state index contributed by atoms with van der Waals surface area (Å²) in [6, 6.07) is 5.55. The molecule has 0 aliphatic rings. The molecule has 100 valence electrons. The molecule has 0 radical (unpaired) electrons. The van der Waals surface area contributed by atoms with Gasteiger partial charge in [0, 0.05) is 11.5 Å². The summed E-state index contributed by atoms with van der Waals surface area (Å²) >= 11 is 9.52. The molecule has 0 saturated carbocycles. The molecular formula is C12H12BrClN4O. The minimum atomic E-state index is 0.531. The summed E-state index contributed by atoms with van der Waals surface area (Å²) in [4.78, 5) is 8.24. The van der Waals surface area contributed by atoms with E-state index in [1.54, 1.807) is 20.2 Å². The van der Waals surface area contributed by atoms with Crippen LogP contribution in [0.3, 0.4) is 0 Å². The second-order valence-corrected chi connectivity index (χ2v) is 4.93. The Hall–Kier alpha value is -1.53. The normalized spacial score (nSPS) is 10.1. The first-order chi connectivity index (χ1) is 9.15. The van der Waals surface area contributed by atoms with Gasteiger partial charge in [0.05, 0.1) is 17.8 Å². The number of aromatic nitrogens is 2. The molecule has 0 spiro atoms. The van der Waals surface area contributed by atoms with Crippen molar-refractivity contribution in [1.29, 1.82) is 0 Å². The molecule has 2 aromatic rings. The zero-order valence-corrected chi connectivity index (χ0v) is 12.7. The van der Waals surface area contributed by atoms with E-state index in [0.29, 0.717) is 22.4 Å². The molecule has 0 aliphatic carbocycles. The average Bonchev–Trinajstić information content (AvgIpc) is 2.41. The minimum Gasteiger partial charge on any atom is -0.490 e. The Labute approximate surface area is 124 Å². The van der Waals surface area contributed by atoms with Crippen LogP contribution in [0, 0.1) is 0 Å². The fourth-order valence-electron chi connectivity index (χ4n) is 1.55. The Morgan fingerprint density at radius 1 is 1.26 bits per heavy atom. The maximum absolute atomic E-state index is 6.16. The summed E-state index contributed by atoms with van der Waals surface area (Å²) in [6.45, 7) is 0. The van der Waals surface area contributed by atoms with Gasteiger partial charge in [-0.25, -0.2) is 9.97 Å². The van der Waals surface area contributed by atoms with E-state index in [0.717, 1.165) is 10.2 Å². The molecule has 0 saturated heterocycles. The summed E-state index contributed by atoms with van der Waals surface area (Å²) in [7, 11) is 3.33. The van der Waals surface area contributed by atoms with Crippen molar-refractivity contribution in [2.45, 2.75) is 0 Å². The molecule has 2 N–H and O–H groups in total. The van der Waals surface area contributed by atoms with Crippen LogP contribution in [0.15, 0.2) is 29.0 Å². The van der Waals surface area contributed by atoms with E-state index in [1.807, 2.05) is 12.1 Å². The molecule has 0 atom stereocenters. The lowest BCUT2D eigenvalue weighted by Crippen LogP contribution is -2.03. The number of rotatable bonds is 4. The largest absolute Gasteiger partial charge is 0.490 e.